The lowest BCUT2D eigenvalue weighted by molar-refractivity contribution is -0.139. The van der Waals surface area contributed by atoms with Crippen LogP contribution in [0.25, 0.3) is 11.1 Å². The number of hydrogen-bond acceptors (Lipinski definition) is 5. The van der Waals surface area contributed by atoms with Crippen molar-refractivity contribution in [2.45, 2.75) is 71.4 Å². The van der Waals surface area contributed by atoms with Gasteiger partial charge in [-0.1, -0.05) is 13.8 Å². The Morgan fingerprint density at radius 3 is 2.08 bits per heavy atom. The van der Waals surface area contributed by atoms with Gasteiger partial charge < -0.3 is 24.5 Å². The van der Waals surface area contributed by atoms with Crippen molar-refractivity contribution in [1.82, 2.24) is 19.4 Å². The number of rotatable bonds is 12. The summed E-state index contributed by atoms with van der Waals surface area (Å²) in [5.41, 5.74) is -7.03. The molecular weight excluding hydrogens is 677 g/mol. The van der Waals surface area contributed by atoms with Gasteiger partial charge in [0.15, 0.2) is 0 Å². The maximum Gasteiger partial charge on any atom is 0.417 e. The van der Waals surface area contributed by atoms with E-state index in [9.17, 15) is 50.6 Å². The number of aryl methyl sites for hydroxylation is 2. The number of hydrogen-bond donors (Lipinski definition) is 2. The molecule has 1 amide bonds. The van der Waals surface area contributed by atoms with Crippen LogP contribution < -0.4 is 16.4 Å². The molecule has 9 nitrogen and oxygen atoms in total. The Labute approximate surface area is 283 Å². The van der Waals surface area contributed by atoms with Crippen molar-refractivity contribution < 1.29 is 45.4 Å². The normalized spacial score (nSPS) is 13.5. The molecule has 1 aromatic carbocycles. The van der Waals surface area contributed by atoms with E-state index in [1.54, 1.807) is 32.8 Å². The fourth-order valence-electron chi connectivity index (χ4n) is 5.64. The van der Waals surface area contributed by atoms with Gasteiger partial charge in [-0.05, 0) is 81.6 Å². The van der Waals surface area contributed by atoms with Crippen LogP contribution in [-0.2, 0) is 35.4 Å². The van der Waals surface area contributed by atoms with E-state index in [2.05, 4.69) is 5.32 Å². The van der Waals surface area contributed by atoms with Crippen molar-refractivity contribution in [2.75, 3.05) is 20.6 Å². The Bertz CT molecular complexity index is 1880. The number of aromatic nitrogens is 2. The van der Waals surface area contributed by atoms with Crippen LogP contribution in [-0.4, -0.2) is 51.7 Å². The third-order valence-electron chi connectivity index (χ3n) is 8.25. The van der Waals surface area contributed by atoms with E-state index in [0.717, 1.165) is 33.5 Å². The van der Waals surface area contributed by atoms with Gasteiger partial charge in [0, 0.05) is 37.1 Å². The second-order valence-corrected chi connectivity index (χ2v) is 12.9. The number of benzene rings is 1. The van der Waals surface area contributed by atoms with Crippen molar-refractivity contribution >= 4 is 11.9 Å². The molecule has 0 bridgehead atoms. The van der Waals surface area contributed by atoms with Gasteiger partial charge in [-0.2, -0.15) is 26.3 Å². The van der Waals surface area contributed by atoms with Crippen LogP contribution in [0.4, 0.5) is 30.7 Å². The van der Waals surface area contributed by atoms with E-state index in [4.69, 9.17) is 0 Å². The largest absolute Gasteiger partial charge is 0.481 e. The molecule has 16 heteroatoms. The van der Waals surface area contributed by atoms with Gasteiger partial charge in [0.25, 0.3) is 11.1 Å². The third-order valence-corrected chi connectivity index (χ3v) is 8.25. The molecule has 2 N–H and O–H groups in total. The first kappa shape index (κ1) is 40.0. The van der Waals surface area contributed by atoms with Crippen molar-refractivity contribution in [3.63, 3.8) is 0 Å². The molecule has 0 saturated carbocycles. The highest BCUT2D eigenvalue weighted by molar-refractivity contribution is 5.82. The van der Waals surface area contributed by atoms with E-state index in [1.165, 1.54) is 20.9 Å². The smallest absolute Gasteiger partial charge is 0.417 e. The molecule has 0 aliphatic carbocycles. The first-order valence-corrected chi connectivity index (χ1v) is 15.5. The molecule has 2 atom stereocenters. The number of carbonyl (C=O) groups excluding carboxylic acids is 1. The molecule has 0 aliphatic heterocycles. The predicted octanol–water partition coefficient (Wildman–Crippen LogP) is 6.03. The van der Waals surface area contributed by atoms with Crippen LogP contribution in [0.15, 0.2) is 40.1 Å². The molecule has 0 spiro atoms. The molecule has 0 fully saturated rings. The first-order chi connectivity index (χ1) is 22.9. The molecule has 3 rings (SSSR count). The van der Waals surface area contributed by atoms with Crippen molar-refractivity contribution in [3.8, 4) is 11.1 Å². The highest BCUT2D eigenvalue weighted by Crippen LogP contribution is 2.38. The molecule has 50 heavy (non-hydrogen) atoms. The Morgan fingerprint density at radius 2 is 1.56 bits per heavy atom. The number of carbonyl (C=O) groups is 2. The fourth-order valence-corrected chi connectivity index (χ4v) is 5.64. The van der Waals surface area contributed by atoms with Crippen molar-refractivity contribution in [2.24, 2.45) is 13.0 Å². The van der Waals surface area contributed by atoms with Gasteiger partial charge in [0.05, 0.1) is 29.2 Å². The minimum atomic E-state index is -5.00. The van der Waals surface area contributed by atoms with Gasteiger partial charge in [-0.25, -0.2) is 4.39 Å². The van der Waals surface area contributed by atoms with Gasteiger partial charge in [-0.15, -0.1) is 0 Å². The predicted molar refractivity (Wildman–Crippen MR) is 171 cm³/mol. The second-order valence-electron chi connectivity index (χ2n) is 12.9. The Hall–Kier alpha value is -4.47. The number of carboxylic acid groups (broad SMARTS) is 1. The standard InChI is InChI=1S/C34H39F7N4O5/c1-17(2)10-26(45-16-20(8-9-43(5)6)23(14-27(45)46)33(36,37)38)31(49)42-25(15-28(47)48)22-13-21(11-18(3)30(22)35)29-24(34(39,40)41)12-19(4)44(7)32(29)50/h11-14,16-17,25-26H,8-10,15H2,1-7H3,(H,42,49)(H,47,48)/t25?,26-/m0/s1. The van der Waals surface area contributed by atoms with E-state index < -0.39 is 81.9 Å². The SMILES string of the molecule is Cc1cc(-c2c(C(F)(F)F)cc(C)n(C)c2=O)cc(C(CC(=O)O)NC(=O)[C@H](CC(C)C)n2cc(CCN(C)C)c(C(F)(F)F)cc2=O)c1F. The molecule has 2 heterocycles. The van der Waals surface area contributed by atoms with Crippen molar-refractivity contribution in [1.29, 1.82) is 0 Å². The summed E-state index contributed by atoms with van der Waals surface area (Å²) in [5, 5.41) is 12.1. The average Bonchev–Trinajstić information content (AvgIpc) is 2.97. The van der Waals surface area contributed by atoms with Crippen LogP contribution in [0.2, 0.25) is 0 Å². The monoisotopic (exact) mass is 716 g/mol. The van der Waals surface area contributed by atoms with Gasteiger partial charge in [-0.3, -0.25) is 19.2 Å². The number of likely N-dealkylation sites (N-methyl/N-ethyl adjacent to an activating group) is 1. The maximum atomic E-state index is 15.8. The summed E-state index contributed by atoms with van der Waals surface area (Å²) in [6.07, 6.45) is -10.2. The topological polar surface area (TPSA) is 114 Å². The molecule has 0 saturated heterocycles. The highest BCUT2D eigenvalue weighted by Gasteiger charge is 2.38. The zero-order valence-electron chi connectivity index (χ0n) is 28.5. The molecule has 274 valence electrons. The molecule has 3 aromatic rings. The first-order valence-electron chi connectivity index (χ1n) is 15.5. The highest BCUT2D eigenvalue weighted by atomic mass is 19.4. The minimum absolute atomic E-state index is 0.0132. The Kier molecular flexibility index (Phi) is 12.1. The van der Waals surface area contributed by atoms with E-state index in [1.807, 2.05) is 0 Å². The van der Waals surface area contributed by atoms with E-state index in [-0.39, 0.29) is 47.7 Å². The summed E-state index contributed by atoms with van der Waals surface area (Å²) >= 11 is 0. The molecule has 2 aromatic heterocycles. The molecular formula is C34H39F7N4O5. The molecule has 0 radical (unpaired) electrons. The summed E-state index contributed by atoms with van der Waals surface area (Å²) in [7, 11) is 4.52. The number of alkyl halides is 6. The third kappa shape index (κ3) is 9.20. The maximum absolute atomic E-state index is 15.8. The molecule has 0 aliphatic rings. The zero-order chi connectivity index (χ0) is 38.0. The van der Waals surface area contributed by atoms with Crippen LogP contribution in [0.1, 0.15) is 72.3 Å². The fraction of sp³-hybridized carbons (Fsp3) is 0.471. The quantitative estimate of drug-likeness (QED) is 0.222. The summed E-state index contributed by atoms with van der Waals surface area (Å²) in [5.74, 6) is -3.99. The number of halogens is 7. The Balaban J connectivity index is 2.23. The summed E-state index contributed by atoms with van der Waals surface area (Å²) < 4.78 is 102. The Morgan fingerprint density at radius 1 is 0.960 bits per heavy atom. The minimum Gasteiger partial charge on any atom is -0.481 e. The summed E-state index contributed by atoms with van der Waals surface area (Å²) in [6.45, 7) is 5.99. The van der Waals surface area contributed by atoms with Crippen LogP contribution >= 0.6 is 0 Å². The van der Waals surface area contributed by atoms with Crippen molar-refractivity contribution in [3.05, 3.63) is 90.5 Å². The number of pyridine rings is 2. The van der Waals surface area contributed by atoms with E-state index in [0.29, 0.717) is 6.07 Å². The van der Waals surface area contributed by atoms with E-state index >= 15 is 4.39 Å². The number of nitrogens with one attached hydrogen (secondary N) is 1. The van der Waals surface area contributed by atoms with Crippen LogP contribution in [0.3, 0.4) is 0 Å². The summed E-state index contributed by atoms with van der Waals surface area (Å²) in [6, 6.07) is -0.246. The van der Waals surface area contributed by atoms with Gasteiger partial charge in [0.1, 0.15) is 11.9 Å². The molecule has 1 unspecified atom stereocenters. The number of amides is 1. The lowest BCUT2D eigenvalue weighted by Gasteiger charge is -2.27. The zero-order valence-corrected chi connectivity index (χ0v) is 28.5. The second kappa shape index (κ2) is 15.2. The lowest BCUT2D eigenvalue weighted by atomic mass is 9.92. The summed E-state index contributed by atoms with van der Waals surface area (Å²) in [4.78, 5) is 53.8. The lowest BCUT2D eigenvalue weighted by Crippen LogP contribution is -2.41. The van der Waals surface area contributed by atoms with Gasteiger partial charge in [0.2, 0.25) is 5.91 Å². The van der Waals surface area contributed by atoms with Crippen LogP contribution in [0, 0.1) is 25.6 Å². The number of carboxylic acids is 1. The van der Waals surface area contributed by atoms with Crippen LogP contribution in [0.5, 0.6) is 0 Å². The average molecular weight is 717 g/mol. The number of aliphatic carboxylic acids is 1. The number of nitrogens with zero attached hydrogens (tertiary/aromatic N) is 3. The van der Waals surface area contributed by atoms with Gasteiger partial charge >= 0.3 is 18.3 Å².